The number of nitrogens with one attached hydrogen (secondary N) is 1. The highest BCUT2D eigenvalue weighted by Crippen LogP contribution is 2.40. The third kappa shape index (κ3) is 8.18. The Morgan fingerprint density at radius 2 is 1.53 bits per heavy atom. The molecule has 2 aromatic carbocycles. The zero-order valence-electron chi connectivity index (χ0n) is 22.7. The Bertz CT molecular complexity index is 1350. The van der Waals surface area contributed by atoms with E-state index in [1.165, 1.54) is 7.11 Å². The maximum absolute atomic E-state index is 13.4. The molecule has 11 heteroatoms. The number of nitrogens with zero attached hydrogens (tertiary/aromatic N) is 2. The SMILES string of the molecule is COc1ccccc1Oc1c(NS(=O)(=O)c2ccc(C(C)(C)C)cc2)nc(I)nc1OCCOC(C)(C)C. The van der Waals surface area contributed by atoms with Gasteiger partial charge in [-0.25, -0.2) is 13.4 Å². The van der Waals surface area contributed by atoms with Gasteiger partial charge in [0.25, 0.3) is 15.9 Å². The summed E-state index contributed by atoms with van der Waals surface area (Å²) >= 11 is 1.90. The number of hydrogen-bond donors (Lipinski definition) is 1. The second kappa shape index (κ2) is 12.0. The number of sulfonamides is 1. The van der Waals surface area contributed by atoms with E-state index in [9.17, 15) is 8.42 Å². The number of ether oxygens (including phenoxy) is 4. The summed E-state index contributed by atoms with van der Waals surface area (Å²) in [4.78, 5) is 8.77. The van der Waals surface area contributed by atoms with Crippen LogP contribution in [0.2, 0.25) is 0 Å². The van der Waals surface area contributed by atoms with Crippen LogP contribution in [0.15, 0.2) is 53.4 Å². The lowest BCUT2D eigenvalue weighted by Crippen LogP contribution is -2.23. The number of para-hydroxylation sites is 2. The van der Waals surface area contributed by atoms with Gasteiger partial charge in [0.05, 0.1) is 24.2 Å². The molecule has 1 N–H and O–H groups in total. The van der Waals surface area contributed by atoms with Gasteiger partial charge in [-0.05, 0) is 56.0 Å². The van der Waals surface area contributed by atoms with Gasteiger partial charge in [-0.2, -0.15) is 4.98 Å². The van der Waals surface area contributed by atoms with Crippen molar-refractivity contribution in [2.24, 2.45) is 0 Å². The van der Waals surface area contributed by atoms with E-state index < -0.39 is 10.0 Å². The maximum Gasteiger partial charge on any atom is 0.264 e. The highest BCUT2D eigenvalue weighted by atomic mass is 127. The Morgan fingerprint density at radius 3 is 2.11 bits per heavy atom. The van der Waals surface area contributed by atoms with Crippen molar-refractivity contribution < 1.29 is 27.4 Å². The van der Waals surface area contributed by atoms with E-state index in [2.05, 4.69) is 35.5 Å². The van der Waals surface area contributed by atoms with E-state index in [4.69, 9.17) is 18.9 Å². The van der Waals surface area contributed by atoms with Gasteiger partial charge in [0, 0.05) is 22.6 Å². The number of anilines is 1. The summed E-state index contributed by atoms with van der Waals surface area (Å²) < 4.78 is 52.7. The van der Waals surface area contributed by atoms with Crippen LogP contribution in [0.5, 0.6) is 23.1 Å². The third-order valence-electron chi connectivity index (χ3n) is 5.21. The molecule has 0 saturated carbocycles. The number of hydrogen-bond acceptors (Lipinski definition) is 8. The van der Waals surface area contributed by atoms with Gasteiger partial charge in [0.2, 0.25) is 5.75 Å². The Hall–Kier alpha value is -2.64. The van der Waals surface area contributed by atoms with Crippen molar-refractivity contribution in [2.45, 2.75) is 57.5 Å². The molecule has 0 radical (unpaired) electrons. The Labute approximate surface area is 238 Å². The molecule has 0 spiro atoms. The number of methoxy groups -OCH3 is 1. The lowest BCUT2D eigenvalue weighted by molar-refractivity contribution is -0.0170. The predicted molar refractivity (Wildman–Crippen MR) is 155 cm³/mol. The molecule has 3 rings (SSSR count). The van der Waals surface area contributed by atoms with Crippen molar-refractivity contribution in [3.63, 3.8) is 0 Å². The molecule has 206 valence electrons. The normalized spacial score (nSPS) is 12.2. The molecule has 0 aliphatic rings. The van der Waals surface area contributed by atoms with Crippen molar-refractivity contribution in [3.8, 4) is 23.1 Å². The smallest absolute Gasteiger partial charge is 0.264 e. The van der Waals surface area contributed by atoms with E-state index in [0.717, 1.165) is 5.56 Å². The number of benzene rings is 2. The fourth-order valence-electron chi connectivity index (χ4n) is 3.28. The molecular formula is C27H34IN3O6S. The minimum Gasteiger partial charge on any atom is -0.493 e. The van der Waals surface area contributed by atoms with Crippen LogP contribution in [0.3, 0.4) is 0 Å². The van der Waals surface area contributed by atoms with Gasteiger partial charge >= 0.3 is 0 Å². The fraction of sp³-hybridized carbons (Fsp3) is 0.407. The van der Waals surface area contributed by atoms with Crippen molar-refractivity contribution in [1.82, 2.24) is 9.97 Å². The first kappa shape index (κ1) is 29.9. The molecular weight excluding hydrogens is 621 g/mol. The minimum absolute atomic E-state index is 0.000520. The largest absolute Gasteiger partial charge is 0.493 e. The first-order chi connectivity index (χ1) is 17.7. The summed E-state index contributed by atoms with van der Waals surface area (Å²) in [6.07, 6.45) is 0. The summed E-state index contributed by atoms with van der Waals surface area (Å²) in [5.74, 6) is 0.779. The van der Waals surface area contributed by atoms with Gasteiger partial charge < -0.3 is 18.9 Å². The zero-order chi connectivity index (χ0) is 28.1. The average molecular weight is 656 g/mol. The van der Waals surface area contributed by atoms with E-state index in [0.29, 0.717) is 18.1 Å². The molecule has 0 amide bonds. The van der Waals surface area contributed by atoms with Crippen LogP contribution in [0, 0.1) is 3.83 Å². The minimum atomic E-state index is -4.02. The van der Waals surface area contributed by atoms with E-state index >= 15 is 0 Å². The fourth-order valence-corrected chi connectivity index (χ4v) is 4.75. The van der Waals surface area contributed by atoms with Crippen molar-refractivity contribution in [1.29, 1.82) is 0 Å². The highest BCUT2D eigenvalue weighted by molar-refractivity contribution is 14.1. The second-order valence-corrected chi connectivity index (χ2v) is 13.1. The van der Waals surface area contributed by atoms with Crippen molar-refractivity contribution >= 4 is 38.4 Å². The van der Waals surface area contributed by atoms with Gasteiger partial charge in [0.15, 0.2) is 21.1 Å². The zero-order valence-corrected chi connectivity index (χ0v) is 25.6. The first-order valence-electron chi connectivity index (χ1n) is 12.0. The topological polar surface area (TPSA) is 109 Å². The van der Waals surface area contributed by atoms with Crippen LogP contribution in [0.25, 0.3) is 0 Å². The van der Waals surface area contributed by atoms with E-state index in [1.807, 2.05) is 43.4 Å². The monoisotopic (exact) mass is 655 g/mol. The number of rotatable bonds is 10. The first-order valence-corrected chi connectivity index (χ1v) is 14.5. The van der Waals surface area contributed by atoms with Gasteiger partial charge in [-0.3, -0.25) is 4.72 Å². The molecule has 0 unspecified atom stereocenters. The van der Waals surface area contributed by atoms with Crippen LogP contribution in [-0.2, 0) is 20.2 Å². The Kier molecular flexibility index (Phi) is 9.48. The van der Waals surface area contributed by atoms with Gasteiger partial charge in [-0.15, -0.1) is 0 Å². The molecule has 38 heavy (non-hydrogen) atoms. The number of halogens is 1. The summed E-state index contributed by atoms with van der Waals surface area (Å²) in [7, 11) is -2.51. The predicted octanol–water partition coefficient (Wildman–Crippen LogP) is 6.17. The molecule has 0 saturated heterocycles. The molecule has 1 aromatic heterocycles. The molecule has 3 aromatic rings. The molecule has 0 bridgehead atoms. The molecule has 0 fully saturated rings. The van der Waals surface area contributed by atoms with Crippen LogP contribution in [0.1, 0.15) is 47.1 Å². The molecule has 9 nitrogen and oxygen atoms in total. The Balaban J connectivity index is 2.00. The van der Waals surface area contributed by atoms with E-state index in [1.54, 1.807) is 48.5 Å². The molecule has 0 atom stereocenters. The summed E-state index contributed by atoms with van der Waals surface area (Å²) in [5, 5.41) is 0. The third-order valence-corrected chi connectivity index (χ3v) is 7.04. The van der Waals surface area contributed by atoms with Gasteiger partial charge in [0.1, 0.15) is 6.61 Å². The second-order valence-electron chi connectivity index (χ2n) is 10.4. The average Bonchev–Trinajstić information content (AvgIpc) is 2.82. The molecule has 1 heterocycles. The molecule has 0 aliphatic heterocycles. The maximum atomic E-state index is 13.4. The lowest BCUT2D eigenvalue weighted by atomic mass is 9.87. The lowest BCUT2D eigenvalue weighted by Gasteiger charge is -2.21. The van der Waals surface area contributed by atoms with Gasteiger partial charge in [-0.1, -0.05) is 45.0 Å². The quantitative estimate of drug-likeness (QED) is 0.157. The highest BCUT2D eigenvalue weighted by Gasteiger charge is 2.25. The van der Waals surface area contributed by atoms with E-state index in [-0.39, 0.29) is 43.8 Å². The van der Waals surface area contributed by atoms with Crippen molar-refractivity contribution in [2.75, 3.05) is 25.0 Å². The summed E-state index contributed by atoms with van der Waals surface area (Å²) in [6.45, 7) is 12.5. The summed E-state index contributed by atoms with van der Waals surface area (Å²) in [6, 6.07) is 13.7. The van der Waals surface area contributed by atoms with Crippen LogP contribution >= 0.6 is 22.6 Å². The van der Waals surface area contributed by atoms with Crippen LogP contribution in [-0.4, -0.2) is 44.3 Å². The van der Waals surface area contributed by atoms with Crippen LogP contribution in [0.4, 0.5) is 5.82 Å². The summed E-state index contributed by atoms with van der Waals surface area (Å²) in [5.41, 5.74) is 0.558. The van der Waals surface area contributed by atoms with Crippen molar-refractivity contribution in [3.05, 3.63) is 57.9 Å². The standard InChI is InChI=1S/C27H34IN3O6S/c1-26(2,3)18-12-14-19(15-13-18)38(32,33)31-23-22(37-21-11-9-8-10-20(21)34-7)24(30-25(28)29-23)35-16-17-36-27(4,5)6/h8-15H,16-17H2,1-7H3,(H,29,30,31). The number of aromatic nitrogens is 2. The van der Waals surface area contributed by atoms with Crippen LogP contribution < -0.4 is 18.9 Å². The Morgan fingerprint density at radius 1 is 0.895 bits per heavy atom. The molecule has 0 aliphatic carbocycles.